The van der Waals surface area contributed by atoms with Crippen LogP contribution in [0.3, 0.4) is 0 Å². The minimum Gasteiger partial charge on any atom is -0.447 e. The van der Waals surface area contributed by atoms with E-state index >= 15 is 0 Å². The highest BCUT2D eigenvalue weighted by molar-refractivity contribution is 5.82. The quantitative estimate of drug-likeness (QED) is 0.537. The predicted molar refractivity (Wildman–Crippen MR) is 76.6 cm³/mol. The maximum Gasteiger partial charge on any atom is 0.181 e. The lowest BCUT2D eigenvalue weighted by Crippen LogP contribution is -1.76. The minimum atomic E-state index is 0.826. The highest BCUT2D eigenvalue weighted by Gasteiger charge is 2.06. The van der Waals surface area contributed by atoms with Crippen LogP contribution in [0.4, 0.5) is 0 Å². The van der Waals surface area contributed by atoms with E-state index in [0.717, 1.165) is 23.3 Å². The molecule has 0 saturated heterocycles. The van der Waals surface area contributed by atoms with E-state index in [-0.39, 0.29) is 0 Å². The maximum absolute atomic E-state index is 5.75. The normalized spacial score (nSPS) is 10.3. The Bertz CT molecular complexity index is 566. The number of fused-ring (bicyclic) bond motifs is 1. The van der Waals surface area contributed by atoms with Crippen molar-refractivity contribution in [2.45, 2.75) is 46.0 Å². The predicted octanol–water partition coefficient (Wildman–Crippen LogP) is 5.06. The molecular formula is C17H20O. The zero-order chi connectivity index (χ0) is 12.8. The molecule has 1 aromatic heterocycles. The van der Waals surface area contributed by atoms with Crippen molar-refractivity contribution in [2.24, 2.45) is 0 Å². The second-order valence-electron chi connectivity index (χ2n) is 4.66. The summed E-state index contributed by atoms with van der Waals surface area (Å²) in [6.07, 6.45) is 6.03. The zero-order valence-electron chi connectivity index (χ0n) is 11.3. The molecule has 18 heavy (non-hydrogen) atoms. The fourth-order valence-electron chi connectivity index (χ4n) is 2.08. The highest BCUT2D eigenvalue weighted by atomic mass is 16.3. The Kier molecular flexibility index (Phi) is 4.47. The first-order chi connectivity index (χ1) is 8.83. The van der Waals surface area contributed by atoms with Gasteiger partial charge in [0.25, 0.3) is 0 Å². The van der Waals surface area contributed by atoms with E-state index in [1.54, 1.807) is 0 Å². The molecule has 0 fully saturated rings. The van der Waals surface area contributed by atoms with Gasteiger partial charge in [0, 0.05) is 17.4 Å². The Labute approximate surface area is 109 Å². The van der Waals surface area contributed by atoms with Crippen molar-refractivity contribution < 1.29 is 4.42 Å². The van der Waals surface area contributed by atoms with E-state index in [0.29, 0.717) is 0 Å². The summed E-state index contributed by atoms with van der Waals surface area (Å²) in [4.78, 5) is 0. The molecular weight excluding hydrogens is 220 g/mol. The van der Waals surface area contributed by atoms with Crippen LogP contribution < -0.4 is 0 Å². The number of para-hydroxylation sites is 1. The number of unbranched alkanes of at least 4 members (excludes halogenated alkanes) is 4. The van der Waals surface area contributed by atoms with Crippen LogP contribution in [-0.4, -0.2) is 0 Å². The molecule has 0 bridgehead atoms. The molecule has 0 atom stereocenters. The molecule has 0 aliphatic carbocycles. The fraction of sp³-hybridized carbons (Fsp3) is 0.412. The maximum atomic E-state index is 5.75. The number of hydrogen-bond donors (Lipinski definition) is 0. The van der Waals surface area contributed by atoms with Gasteiger partial charge in [-0.3, -0.25) is 0 Å². The number of benzene rings is 1. The zero-order valence-corrected chi connectivity index (χ0v) is 11.3. The van der Waals surface area contributed by atoms with Crippen molar-refractivity contribution in [3.05, 3.63) is 35.6 Å². The largest absolute Gasteiger partial charge is 0.447 e. The number of aryl methyl sites for hydroxylation is 1. The molecule has 0 aliphatic heterocycles. The summed E-state index contributed by atoms with van der Waals surface area (Å²) in [5.74, 6) is 7.21. The molecule has 1 heterocycles. The lowest BCUT2D eigenvalue weighted by molar-refractivity contribution is 0.598. The number of rotatable bonds is 4. The van der Waals surface area contributed by atoms with Gasteiger partial charge in [0.2, 0.25) is 0 Å². The third-order valence-corrected chi connectivity index (χ3v) is 3.20. The first kappa shape index (κ1) is 12.8. The summed E-state index contributed by atoms with van der Waals surface area (Å²) >= 11 is 0. The highest BCUT2D eigenvalue weighted by Crippen LogP contribution is 2.23. The van der Waals surface area contributed by atoms with Crippen molar-refractivity contribution >= 4 is 11.0 Å². The fourth-order valence-corrected chi connectivity index (χ4v) is 2.08. The third-order valence-electron chi connectivity index (χ3n) is 3.20. The van der Waals surface area contributed by atoms with E-state index in [1.807, 2.05) is 18.2 Å². The van der Waals surface area contributed by atoms with Crippen LogP contribution in [0.25, 0.3) is 11.0 Å². The van der Waals surface area contributed by atoms with E-state index in [4.69, 9.17) is 4.42 Å². The van der Waals surface area contributed by atoms with Gasteiger partial charge in [0.05, 0.1) is 0 Å². The summed E-state index contributed by atoms with van der Waals surface area (Å²) < 4.78 is 5.75. The van der Waals surface area contributed by atoms with Gasteiger partial charge in [0.15, 0.2) is 5.76 Å². The number of hydrogen-bond acceptors (Lipinski definition) is 1. The summed E-state index contributed by atoms with van der Waals surface area (Å²) in [7, 11) is 0. The molecule has 0 radical (unpaired) electrons. The summed E-state index contributed by atoms with van der Waals surface area (Å²) in [5.41, 5.74) is 2.09. The molecule has 2 aromatic rings. The van der Waals surface area contributed by atoms with Gasteiger partial charge in [-0.2, -0.15) is 0 Å². The van der Waals surface area contributed by atoms with Gasteiger partial charge >= 0.3 is 0 Å². The van der Waals surface area contributed by atoms with Crippen molar-refractivity contribution in [2.75, 3.05) is 0 Å². The van der Waals surface area contributed by atoms with E-state index in [1.165, 1.54) is 31.1 Å². The van der Waals surface area contributed by atoms with Crippen LogP contribution in [0.5, 0.6) is 0 Å². The molecule has 1 heteroatoms. The van der Waals surface area contributed by atoms with Crippen LogP contribution >= 0.6 is 0 Å². The lowest BCUT2D eigenvalue weighted by atomic mass is 10.1. The standard InChI is InChI=1S/C17H20O/c1-3-4-5-6-7-8-12-16-14(2)15-11-9-10-13-17(15)18-16/h9-11,13H,3-7H2,1-2H3. The van der Waals surface area contributed by atoms with Crippen molar-refractivity contribution in [1.29, 1.82) is 0 Å². The first-order valence-corrected chi connectivity index (χ1v) is 6.80. The molecule has 0 amide bonds. The monoisotopic (exact) mass is 240 g/mol. The summed E-state index contributed by atoms with van der Waals surface area (Å²) in [6, 6.07) is 8.11. The Hall–Kier alpha value is -1.68. The Morgan fingerprint density at radius 1 is 1.11 bits per heavy atom. The van der Waals surface area contributed by atoms with Gasteiger partial charge in [-0.25, -0.2) is 0 Å². The minimum absolute atomic E-state index is 0.826. The SMILES string of the molecule is CCCCCCC#Cc1oc2ccccc2c1C. The van der Waals surface area contributed by atoms with E-state index in [9.17, 15) is 0 Å². The molecule has 94 valence electrons. The molecule has 0 saturated carbocycles. The van der Waals surface area contributed by atoms with Crippen LogP contribution in [0, 0.1) is 18.8 Å². The van der Waals surface area contributed by atoms with Gasteiger partial charge in [-0.15, -0.1) is 0 Å². The van der Waals surface area contributed by atoms with Gasteiger partial charge in [0.1, 0.15) is 5.58 Å². The molecule has 1 nitrogen and oxygen atoms in total. The summed E-state index contributed by atoms with van der Waals surface area (Å²) in [6.45, 7) is 4.30. The molecule has 0 unspecified atom stereocenters. The van der Waals surface area contributed by atoms with Gasteiger partial charge in [-0.1, -0.05) is 50.3 Å². The topological polar surface area (TPSA) is 13.1 Å². The van der Waals surface area contributed by atoms with Crippen LogP contribution in [0.1, 0.15) is 50.4 Å². The van der Waals surface area contributed by atoms with Crippen molar-refractivity contribution in [3.63, 3.8) is 0 Å². The molecule has 2 rings (SSSR count). The first-order valence-electron chi connectivity index (χ1n) is 6.80. The third kappa shape index (κ3) is 2.96. The van der Waals surface area contributed by atoms with Crippen LogP contribution in [0.15, 0.2) is 28.7 Å². The van der Waals surface area contributed by atoms with Gasteiger partial charge < -0.3 is 4.42 Å². The second kappa shape index (κ2) is 6.31. The van der Waals surface area contributed by atoms with Gasteiger partial charge in [-0.05, 0) is 25.3 Å². The molecule has 0 aliphatic rings. The molecule has 1 aromatic carbocycles. The van der Waals surface area contributed by atoms with Crippen LogP contribution in [0.2, 0.25) is 0 Å². The average Bonchev–Trinajstić information content (AvgIpc) is 2.71. The summed E-state index contributed by atoms with van der Waals surface area (Å²) in [5, 5.41) is 1.17. The Morgan fingerprint density at radius 3 is 2.72 bits per heavy atom. The lowest BCUT2D eigenvalue weighted by Gasteiger charge is -1.91. The second-order valence-corrected chi connectivity index (χ2v) is 4.66. The van der Waals surface area contributed by atoms with Crippen molar-refractivity contribution in [3.8, 4) is 11.8 Å². The van der Waals surface area contributed by atoms with E-state index < -0.39 is 0 Å². The van der Waals surface area contributed by atoms with E-state index in [2.05, 4.69) is 31.8 Å². The smallest absolute Gasteiger partial charge is 0.181 e. The average molecular weight is 240 g/mol. The van der Waals surface area contributed by atoms with Crippen molar-refractivity contribution in [1.82, 2.24) is 0 Å². The molecule has 0 spiro atoms. The molecule has 0 N–H and O–H groups in total. The Morgan fingerprint density at radius 2 is 1.94 bits per heavy atom. The Balaban J connectivity index is 2.03. The number of furan rings is 1. The van der Waals surface area contributed by atoms with Crippen LogP contribution in [-0.2, 0) is 0 Å².